The first kappa shape index (κ1) is 9.73. The maximum atomic E-state index is 5.74. The zero-order valence-corrected chi connectivity index (χ0v) is 9.14. The van der Waals surface area contributed by atoms with Crippen LogP contribution in [0.3, 0.4) is 0 Å². The smallest absolute Gasteiger partial charge is 0.181 e. The molecule has 1 atom stereocenters. The summed E-state index contributed by atoms with van der Waals surface area (Å²) in [7, 11) is 0. The molecule has 0 aliphatic carbocycles. The summed E-state index contributed by atoms with van der Waals surface area (Å²) in [4.78, 5) is 15.3. The van der Waals surface area contributed by atoms with Crippen LogP contribution in [0.2, 0.25) is 0 Å². The quantitative estimate of drug-likeness (QED) is 0.497. The molecule has 1 N–H and O–H groups in total. The second kappa shape index (κ2) is 4.14. The average Bonchev–Trinajstić information content (AvgIpc) is 2.66. The fraction of sp³-hybridized carbons (Fsp3) is 0.375. The van der Waals surface area contributed by atoms with Crippen LogP contribution in [0.15, 0.2) is 17.7 Å². The number of aromatic nitrogens is 4. The molecule has 0 bridgehead atoms. The first-order valence-corrected chi connectivity index (χ1v) is 5.59. The van der Waals surface area contributed by atoms with Gasteiger partial charge < -0.3 is 4.98 Å². The molecule has 0 spiro atoms. The van der Waals surface area contributed by atoms with E-state index in [0.717, 1.165) is 10.5 Å². The van der Waals surface area contributed by atoms with Gasteiger partial charge in [-0.2, -0.15) is 0 Å². The van der Waals surface area contributed by atoms with Gasteiger partial charge in [0, 0.05) is 11.1 Å². The first-order chi connectivity index (χ1) is 6.81. The highest BCUT2D eigenvalue weighted by Crippen LogP contribution is 2.26. The van der Waals surface area contributed by atoms with Gasteiger partial charge in [0.05, 0.1) is 6.33 Å². The number of thioether (sulfide) groups is 1. The van der Waals surface area contributed by atoms with Crippen molar-refractivity contribution in [2.24, 2.45) is 0 Å². The van der Waals surface area contributed by atoms with Gasteiger partial charge in [-0.1, -0.05) is 18.7 Å². The molecule has 4 nitrogen and oxygen atoms in total. The predicted molar refractivity (Wildman–Crippen MR) is 57.7 cm³/mol. The van der Waals surface area contributed by atoms with E-state index in [1.165, 1.54) is 6.33 Å². The molecule has 2 heterocycles. The Labute approximate surface area is 90.5 Å². The molecule has 0 aliphatic heterocycles. The van der Waals surface area contributed by atoms with Crippen LogP contribution in [0.25, 0.3) is 11.2 Å². The number of fused-ring (bicyclic) bond motifs is 1. The Hall–Kier alpha value is -0.810. The van der Waals surface area contributed by atoms with Gasteiger partial charge in [0.1, 0.15) is 16.9 Å². The molecule has 0 radical (unpaired) electrons. The topological polar surface area (TPSA) is 54.5 Å². The van der Waals surface area contributed by atoms with E-state index in [4.69, 9.17) is 11.6 Å². The number of hydrogen-bond donors (Lipinski definition) is 1. The Morgan fingerprint density at radius 1 is 1.50 bits per heavy atom. The number of halogens is 1. The second-order valence-electron chi connectivity index (χ2n) is 2.86. The van der Waals surface area contributed by atoms with E-state index < -0.39 is 0 Å². The third kappa shape index (κ3) is 1.83. The molecule has 2 rings (SSSR count). The summed E-state index contributed by atoms with van der Waals surface area (Å²) in [5.74, 6) is 0.601. The summed E-state index contributed by atoms with van der Waals surface area (Å²) in [6, 6.07) is 0. The molecule has 2 aromatic heterocycles. The SMILES string of the molecule is CC(CCl)Sc1ncnc2nc[nH]c12. The number of alkyl halides is 1. The Morgan fingerprint density at radius 2 is 2.36 bits per heavy atom. The van der Waals surface area contributed by atoms with E-state index in [0.29, 0.717) is 16.8 Å². The van der Waals surface area contributed by atoms with Crippen molar-refractivity contribution in [3.05, 3.63) is 12.7 Å². The zero-order valence-electron chi connectivity index (χ0n) is 7.57. The Kier molecular flexibility index (Phi) is 2.88. The van der Waals surface area contributed by atoms with Crippen molar-refractivity contribution in [1.29, 1.82) is 0 Å². The highest BCUT2D eigenvalue weighted by atomic mass is 35.5. The van der Waals surface area contributed by atoms with E-state index in [1.807, 2.05) is 0 Å². The van der Waals surface area contributed by atoms with Crippen LogP contribution >= 0.6 is 23.4 Å². The van der Waals surface area contributed by atoms with Gasteiger partial charge in [0.15, 0.2) is 5.65 Å². The summed E-state index contributed by atoms with van der Waals surface area (Å²) in [6.45, 7) is 2.06. The molecular formula is C8H9ClN4S. The van der Waals surface area contributed by atoms with E-state index >= 15 is 0 Å². The van der Waals surface area contributed by atoms with E-state index in [-0.39, 0.29) is 0 Å². The summed E-state index contributed by atoms with van der Waals surface area (Å²) in [5.41, 5.74) is 1.58. The molecule has 0 fully saturated rings. The van der Waals surface area contributed by atoms with Crippen molar-refractivity contribution in [2.45, 2.75) is 17.2 Å². The van der Waals surface area contributed by atoms with Crippen LogP contribution in [0.5, 0.6) is 0 Å². The van der Waals surface area contributed by atoms with Gasteiger partial charge >= 0.3 is 0 Å². The molecule has 0 saturated carbocycles. The lowest BCUT2D eigenvalue weighted by Gasteiger charge is -2.05. The van der Waals surface area contributed by atoms with E-state index in [2.05, 4.69) is 26.9 Å². The Balaban J connectivity index is 2.36. The molecule has 14 heavy (non-hydrogen) atoms. The number of nitrogens with zero attached hydrogens (tertiary/aromatic N) is 3. The largest absolute Gasteiger partial charge is 0.341 e. The van der Waals surface area contributed by atoms with E-state index in [9.17, 15) is 0 Å². The number of imidazole rings is 1. The van der Waals surface area contributed by atoms with Crippen LogP contribution in [-0.2, 0) is 0 Å². The molecule has 74 valence electrons. The van der Waals surface area contributed by atoms with Crippen LogP contribution in [0, 0.1) is 0 Å². The predicted octanol–water partition coefficient (Wildman–Crippen LogP) is 2.07. The van der Waals surface area contributed by atoms with Crippen molar-refractivity contribution in [3.63, 3.8) is 0 Å². The van der Waals surface area contributed by atoms with Crippen molar-refractivity contribution in [2.75, 3.05) is 5.88 Å². The highest BCUT2D eigenvalue weighted by Gasteiger charge is 2.09. The van der Waals surface area contributed by atoms with Crippen LogP contribution in [0.1, 0.15) is 6.92 Å². The van der Waals surface area contributed by atoms with Gasteiger partial charge in [-0.25, -0.2) is 15.0 Å². The third-order valence-electron chi connectivity index (χ3n) is 1.72. The van der Waals surface area contributed by atoms with Crippen molar-refractivity contribution in [1.82, 2.24) is 19.9 Å². The number of nitrogens with one attached hydrogen (secondary N) is 1. The third-order valence-corrected chi connectivity index (χ3v) is 3.47. The van der Waals surface area contributed by atoms with Crippen molar-refractivity contribution < 1.29 is 0 Å². The average molecular weight is 229 g/mol. The number of H-pyrrole nitrogens is 1. The molecule has 6 heteroatoms. The first-order valence-electron chi connectivity index (χ1n) is 4.18. The number of rotatable bonds is 3. The minimum atomic E-state index is 0.332. The molecule has 0 saturated heterocycles. The van der Waals surface area contributed by atoms with Crippen molar-refractivity contribution >= 4 is 34.5 Å². The van der Waals surface area contributed by atoms with Gasteiger partial charge in [0.2, 0.25) is 0 Å². The Morgan fingerprint density at radius 3 is 3.14 bits per heavy atom. The summed E-state index contributed by atoms with van der Waals surface area (Å²) in [5, 5.41) is 1.23. The lowest BCUT2D eigenvalue weighted by atomic mass is 10.5. The molecule has 0 aliphatic rings. The van der Waals surface area contributed by atoms with Gasteiger partial charge in [-0.05, 0) is 0 Å². The maximum absolute atomic E-state index is 5.74. The Bertz CT molecular complexity index is 430. The summed E-state index contributed by atoms with van der Waals surface area (Å²) < 4.78 is 0. The molecule has 0 aromatic carbocycles. The zero-order chi connectivity index (χ0) is 9.97. The molecule has 0 amide bonds. The fourth-order valence-corrected chi connectivity index (χ4v) is 2.06. The molecule has 2 aromatic rings. The van der Waals surface area contributed by atoms with Gasteiger partial charge in [-0.3, -0.25) is 0 Å². The maximum Gasteiger partial charge on any atom is 0.181 e. The lowest BCUT2D eigenvalue weighted by molar-refractivity contribution is 1.06. The van der Waals surface area contributed by atoms with Gasteiger partial charge in [-0.15, -0.1) is 11.6 Å². The fourth-order valence-electron chi connectivity index (χ4n) is 1.05. The van der Waals surface area contributed by atoms with Gasteiger partial charge in [0.25, 0.3) is 0 Å². The number of hydrogen-bond acceptors (Lipinski definition) is 4. The summed E-state index contributed by atoms with van der Waals surface area (Å²) >= 11 is 7.36. The number of aromatic amines is 1. The lowest BCUT2D eigenvalue weighted by Crippen LogP contribution is -1.98. The standard InChI is InChI=1S/C8H9ClN4S/c1-5(2-9)14-8-6-7(11-3-10-6)12-4-13-8/h3-5H,2H2,1H3,(H,10,11,12,13). The normalized spacial score (nSPS) is 13.3. The van der Waals surface area contributed by atoms with Crippen LogP contribution < -0.4 is 0 Å². The second-order valence-corrected chi connectivity index (χ2v) is 4.60. The molecule has 1 unspecified atom stereocenters. The minimum absolute atomic E-state index is 0.332. The summed E-state index contributed by atoms with van der Waals surface area (Å²) in [6.07, 6.45) is 3.14. The van der Waals surface area contributed by atoms with Crippen molar-refractivity contribution in [3.8, 4) is 0 Å². The highest BCUT2D eigenvalue weighted by molar-refractivity contribution is 8.00. The monoisotopic (exact) mass is 228 g/mol. The minimum Gasteiger partial charge on any atom is -0.341 e. The molecular weight excluding hydrogens is 220 g/mol. The van der Waals surface area contributed by atoms with Crippen LogP contribution in [0.4, 0.5) is 0 Å². The van der Waals surface area contributed by atoms with Crippen LogP contribution in [-0.4, -0.2) is 31.1 Å². The van der Waals surface area contributed by atoms with E-state index in [1.54, 1.807) is 18.1 Å².